The van der Waals surface area contributed by atoms with E-state index in [4.69, 9.17) is 19.7 Å². The van der Waals surface area contributed by atoms with Gasteiger partial charge in [-0.1, -0.05) is 13.8 Å². The Bertz CT molecular complexity index is 84.3. The predicted octanol–water partition coefficient (Wildman–Crippen LogP) is 0.573. The Hall–Kier alpha value is -0.0200. The zero-order valence-corrected chi connectivity index (χ0v) is 7.71. The zero-order chi connectivity index (χ0) is 9.33. The first-order valence-electron chi connectivity index (χ1n) is 3.28. The largest absolute Gasteiger partial charge is 0.396 e. The minimum atomic E-state index is -0.833. The molecule has 0 unspecified atom stereocenters. The van der Waals surface area contributed by atoms with Gasteiger partial charge in [0.2, 0.25) is 0 Å². The van der Waals surface area contributed by atoms with Gasteiger partial charge in [-0.25, -0.2) is 4.57 Å². The average Bonchev–Trinajstić information content (AvgIpc) is 2.05. The van der Waals surface area contributed by atoms with Crippen LogP contribution in [0.1, 0.15) is 20.3 Å². The Kier molecular flexibility index (Phi) is 9.96. The van der Waals surface area contributed by atoms with Gasteiger partial charge in [0.05, 0.1) is 13.2 Å². The van der Waals surface area contributed by atoms with E-state index >= 15 is 0 Å². The maximum Gasteiger partial charge on any atom is 0.324 e. The van der Waals surface area contributed by atoms with Gasteiger partial charge in [0, 0.05) is 5.41 Å². The van der Waals surface area contributed by atoms with Crippen molar-refractivity contribution in [3.8, 4) is 0 Å². The quantitative estimate of drug-likeness (QED) is 0.557. The first-order valence-corrected chi connectivity index (χ1v) is 4.05. The van der Waals surface area contributed by atoms with E-state index in [0.717, 1.165) is 6.42 Å². The molecule has 0 fully saturated rings. The summed E-state index contributed by atoms with van der Waals surface area (Å²) in [5, 5.41) is 17.3. The molecule has 4 nitrogen and oxygen atoms in total. The molecule has 0 aliphatic rings. The van der Waals surface area contributed by atoms with Crippen LogP contribution in [0.4, 0.5) is 0 Å². The molecule has 0 heterocycles. The summed E-state index contributed by atoms with van der Waals surface area (Å²) in [6, 6.07) is 0. The molecule has 5 heteroatoms. The van der Waals surface area contributed by atoms with Crippen molar-refractivity contribution in [2.24, 2.45) is 5.41 Å². The molecule has 0 aliphatic heterocycles. The van der Waals surface area contributed by atoms with Crippen LogP contribution in [0.3, 0.4) is 0 Å². The highest BCUT2D eigenvalue weighted by atomic mass is 31.1. The molecule has 0 aromatic heterocycles. The molecule has 0 radical (unpaired) electrons. The maximum atomic E-state index is 8.63. The zero-order valence-electron chi connectivity index (χ0n) is 6.82. The van der Waals surface area contributed by atoms with Crippen molar-refractivity contribution in [2.75, 3.05) is 13.2 Å². The molecular weight excluding hydrogens is 167 g/mol. The fourth-order valence-electron chi connectivity index (χ4n) is 0.274. The number of aliphatic hydroxyl groups excluding tert-OH is 2. The third-order valence-electron chi connectivity index (χ3n) is 1.62. The van der Waals surface area contributed by atoms with E-state index in [1.807, 2.05) is 13.8 Å². The van der Waals surface area contributed by atoms with Crippen LogP contribution in [0.2, 0.25) is 0 Å². The summed E-state index contributed by atoms with van der Waals surface area (Å²) in [7, 11) is -0.833. The van der Waals surface area contributed by atoms with Gasteiger partial charge in [0.1, 0.15) is 0 Å². The lowest BCUT2D eigenvalue weighted by atomic mass is 9.90. The molecule has 0 atom stereocenters. The number of aliphatic hydroxyl groups is 2. The van der Waals surface area contributed by atoms with Crippen LogP contribution in [0.25, 0.3) is 0 Å². The van der Waals surface area contributed by atoms with Crippen LogP contribution in [0.5, 0.6) is 0 Å². The Morgan fingerprint density at radius 3 is 1.64 bits per heavy atom. The predicted molar refractivity (Wildman–Crippen MR) is 42.4 cm³/mol. The minimum Gasteiger partial charge on any atom is -0.396 e. The van der Waals surface area contributed by atoms with Gasteiger partial charge in [-0.3, -0.25) is 0 Å². The van der Waals surface area contributed by atoms with Crippen molar-refractivity contribution in [1.82, 2.24) is 0 Å². The molecule has 0 saturated heterocycles. The first-order chi connectivity index (χ1) is 5.10. The normalized spacial score (nSPS) is 10.6. The third kappa shape index (κ3) is 7.88. The van der Waals surface area contributed by atoms with E-state index in [1.54, 1.807) is 0 Å². The summed E-state index contributed by atoms with van der Waals surface area (Å²) in [6.45, 7) is 3.94. The number of rotatable bonds is 3. The lowest BCUT2D eigenvalue weighted by molar-refractivity contribution is 0.0670. The molecule has 68 valence electrons. The topological polar surface area (TPSA) is 77.8 Å². The molecule has 0 aromatic rings. The van der Waals surface area contributed by atoms with Gasteiger partial charge in [0.25, 0.3) is 0 Å². The summed E-state index contributed by atoms with van der Waals surface area (Å²) in [6.07, 6.45) is 0.819. The molecule has 0 aromatic carbocycles. The molecule has 0 spiro atoms. The summed E-state index contributed by atoms with van der Waals surface area (Å²) >= 11 is 0. The maximum absolute atomic E-state index is 8.63. The van der Waals surface area contributed by atoms with E-state index in [2.05, 4.69) is 0 Å². The summed E-state index contributed by atoms with van der Waals surface area (Å²) < 4.78 is 8.46. The molecule has 11 heavy (non-hydrogen) atoms. The lowest BCUT2D eigenvalue weighted by Crippen LogP contribution is -2.24. The van der Waals surface area contributed by atoms with Crippen LogP contribution >= 0.6 is 8.69 Å². The molecule has 0 saturated carbocycles. The van der Waals surface area contributed by atoms with Crippen molar-refractivity contribution in [3.63, 3.8) is 0 Å². The van der Waals surface area contributed by atoms with E-state index in [-0.39, 0.29) is 18.6 Å². The van der Waals surface area contributed by atoms with Crippen LogP contribution in [-0.2, 0) is 4.57 Å². The summed E-state index contributed by atoms with van der Waals surface area (Å²) in [4.78, 5) is 6.99. The number of hydrogen-bond donors (Lipinski definition) is 3. The highest BCUT2D eigenvalue weighted by Gasteiger charge is 2.18. The molecular formula is C6H15O4P. The van der Waals surface area contributed by atoms with Crippen LogP contribution in [0, 0.1) is 5.41 Å². The molecule has 0 aliphatic carbocycles. The SMILES string of the molecule is CCC(C)(CO)CO.O=PO. The van der Waals surface area contributed by atoms with Crippen molar-refractivity contribution in [1.29, 1.82) is 0 Å². The lowest BCUT2D eigenvalue weighted by Gasteiger charge is -2.21. The van der Waals surface area contributed by atoms with Gasteiger partial charge in [0.15, 0.2) is 0 Å². The van der Waals surface area contributed by atoms with E-state index < -0.39 is 8.69 Å². The second-order valence-corrected chi connectivity index (χ2v) is 2.73. The van der Waals surface area contributed by atoms with Crippen molar-refractivity contribution >= 4 is 8.69 Å². The van der Waals surface area contributed by atoms with Gasteiger partial charge in [-0.2, -0.15) is 0 Å². The first kappa shape index (κ1) is 13.6. The van der Waals surface area contributed by atoms with Gasteiger partial charge in [-0.05, 0) is 6.42 Å². The van der Waals surface area contributed by atoms with Gasteiger partial charge < -0.3 is 15.1 Å². The summed E-state index contributed by atoms with van der Waals surface area (Å²) in [5.41, 5.74) is -0.264. The van der Waals surface area contributed by atoms with Crippen LogP contribution < -0.4 is 0 Å². The molecule has 0 rings (SSSR count). The number of hydrogen-bond acceptors (Lipinski definition) is 3. The monoisotopic (exact) mass is 182 g/mol. The fraction of sp³-hybridized carbons (Fsp3) is 1.00. The summed E-state index contributed by atoms with van der Waals surface area (Å²) in [5.74, 6) is 0. The highest BCUT2D eigenvalue weighted by Crippen LogP contribution is 2.17. The van der Waals surface area contributed by atoms with Gasteiger partial charge >= 0.3 is 8.69 Å². The Morgan fingerprint density at radius 2 is 1.64 bits per heavy atom. The Balaban J connectivity index is 0. The standard InChI is InChI=1S/C6H14O2.HO2P/c1-3-6(2,4-7)5-8;1-3-2/h7-8H,3-5H2,1-2H3;(H,1,2). The van der Waals surface area contributed by atoms with Crippen molar-refractivity contribution < 1.29 is 19.7 Å². The average molecular weight is 182 g/mol. The van der Waals surface area contributed by atoms with Gasteiger partial charge in [-0.15, -0.1) is 0 Å². The van der Waals surface area contributed by atoms with E-state index in [0.29, 0.717) is 0 Å². The van der Waals surface area contributed by atoms with E-state index in [9.17, 15) is 0 Å². The van der Waals surface area contributed by atoms with E-state index in [1.165, 1.54) is 0 Å². The molecule has 3 N–H and O–H groups in total. The van der Waals surface area contributed by atoms with Crippen molar-refractivity contribution in [3.05, 3.63) is 0 Å². The second kappa shape index (κ2) is 8.08. The van der Waals surface area contributed by atoms with Crippen LogP contribution in [-0.4, -0.2) is 28.3 Å². The van der Waals surface area contributed by atoms with Crippen LogP contribution in [0.15, 0.2) is 0 Å². The molecule has 0 bridgehead atoms. The molecule has 0 amide bonds. The van der Waals surface area contributed by atoms with Crippen molar-refractivity contribution in [2.45, 2.75) is 20.3 Å². The smallest absolute Gasteiger partial charge is 0.324 e. The highest BCUT2D eigenvalue weighted by molar-refractivity contribution is 7.16. The Morgan fingerprint density at radius 1 is 1.36 bits per heavy atom. The second-order valence-electron chi connectivity index (χ2n) is 2.56. The fourth-order valence-corrected chi connectivity index (χ4v) is 0.274. The Labute approximate surface area is 68.2 Å². The third-order valence-corrected chi connectivity index (χ3v) is 1.62. The minimum absolute atomic E-state index is 0.0694.